The quantitative estimate of drug-likeness (QED) is 0.462. The van der Waals surface area contributed by atoms with E-state index < -0.39 is 11.2 Å². The highest BCUT2D eigenvalue weighted by Gasteiger charge is 2.11. The maximum Gasteiger partial charge on any atom is 0.333 e. The Kier molecular flexibility index (Phi) is 3.09. The van der Waals surface area contributed by atoms with Gasteiger partial charge in [-0.1, -0.05) is 23.4 Å². The van der Waals surface area contributed by atoms with E-state index in [9.17, 15) is 9.59 Å². The Labute approximate surface area is 102 Å². The molecule has 2 rings (SSSR count). The van der Waals surface area contributed by atoms with Crippen molar-refractivity contribution in [2.45, 2.75) is 6.92 Å². The van der Waals surface area contributed by atoms with E-state index in [2.05, 4.69) is 10.1 Å². The number of nitrogens with zero attached hydrogens (tertiary/aromatic N) is 2. The SMILES string of the molecule is Cc1[nH]c(=O)n(-c2ccccc2)c(=O)c1/C=N/O. The van der Waals surface area contributed by atoms with Gasteiger partial charge in [-0.05, 0) is 19.1 Å². The van der Waals surface area contributed by atoms with E-state index >= 15 is 0 Å². The van der Waals surface area contributed by atoms with Crippen molar-refractivity contribution in [3.63, 3.8) is 0 Å². The van der Waals surface area contributed by atoms with Crippen LogP contribution in [-0.2, 0) is 0 Å². The Bertz CT molecular complexity index is 699. The van der Waals surface area contributed by atoms with Gasteiger partial charge in [0, 0.05) is 5.69 Å². The monoisotopic (exact) mass is 245 g/mol. The van der Waals surface area contributed by atoms with E-state index in [0.29, 0.717) is 11.4 Å². The van der Waals surface area contributed by atoms with E-state index in [4.69, 9.17) is 5.21 Å². The van der Waals surface area contributed by atoms with Gasteiger partial charge in [0.2, 0.25) is 0 Å². The van der Waals surface area contributed by atoms with Crippen molar-refractivity contribution < 1.29 is 5.21 Å². The van der Waals surface area contributed by atoms with Gasteiger partial charge in [0.1, 0.15) is 0 Å². The molecule has 0 radical (unpaired) electrons. The van der Waals surface area contributed by atoms with Gasteiger partial charge in [0.15, 0.2) is 0 Å². The summed E-state index contributed by atoms with van der Waals surface area (Å²) in [5, 5.41) is 11.4. The first kappa shape index (κ1) is 11.8. The molecule has 0 fully saturated rings. The number of nitrogens with one attached hydrogen (secondary N) is 1. The van der Waals surface area contributed by atoms with Crippen LogP contribution in [-0.4, -0.2) is 21.0 Å². The average molecular weight is 245 g/mol. The van der Waals surface area contributed by atoms with E-state index in [1.54, 1.807) is 37.3 Å². The Morgan fingerprint density at radius 2 is 1.94 bits per heavy atom. The summed E-state index contributed by atoms with van der Waals surface area (Å²) in [4.78, 5) is 26.5. The van der Waals surface area contributed by atoms with Gasteiger partial charge >= 0.3 is 5.69 Å². The maximum absolute atomic E-state index is 12.1. The molecule has 0 aliphatic heterocycles. The predicted molar refractivity (Wildman–Crippen MR) is 66.8 cm³/mol. The number of oxime groups is 1. The fraction of sp³-hybridized carbons (Fsp3) is 0.0833. The van der Waals surface area contributed by atoms with Crippen LogP contribution in [0.25, 0.3) is 5.69 Å². The molecule has 0 saturated carbocycles. The van der Waals surface area contributed by atoms with Gasteiger partial charge in [-0.2, -0.15) is 0 Å². The molecule has 0 amide bonds. The minimum absolute atomic E-state index is 0.140. The molecule has 0 aliphatic rings. The normalized spacial score (nSPS) is 10.9. The molecule has 6 heteroatoms. The number of aromatic amines is 1. The Balaban J connectivity index is 2.81. The van der Waals surface area contributed by atoms with Crippen LogP contribution >= 0.6 is 0 Å². The summed E-state index contributed by atoms with van der Waals surface area (Å²) in [6.45, 7) is 1.56. The second-order valence-corrected chi connectivity index (χ2v) is 3.69. The van der Waals surface area contributed by atoms with Crippen molar-refractivity contribution in [3.8, 4) is 5.69 Å². The predicted octanol–water partition coefficient (Wildman–Crippen LogP) is 0.642. The lowest BCUT2D eigenvalue weighted by Crippen LogP contribution is -2.36. The first-order chi connectivity index (χ1) is 8.65. The number of para-hydroxylation sites is 1. The molecule has 0 saturated heterocycles. The number of H-pyrrole nitrogens is 1. The minimum atomic E-state index is -0.529. The van der Waals surface area contributed by atoms with Crippen molar-refractivity contribution >= 4 is 6.21 Å². The second-order valence-electron chi connectivity index (χ2n) is 3.69. The number of aromatic nitrogens is 2. The number of benzene rings is 1. The molecule has 6 nitrogen and oxygen atoms in total. The summed E-state index contributed by atoms with van der Waals surface area (Å²) >= 11 is 0. The molecule has 0 aliphatic carbocycles. The van der Waals surface area contributed by atoms with Crippen molar-refractivity contribution in [1.29, 1.82) is 0 Å². The lowest BCUT2D eigenvalue weighted by molar-refractivity contribution is 0.321. The highest BCUT2D eigenvalue weighted by molar-refractivity contribution is 5.79. The van der Waals surface area contributed by atoms with Gasteiger partial charge in [-0.3, -0.25) is 4.79 Å². The molecule has 1 aromatic carbocycles. The zero-order chi connectivity index (χ0) is 13.1. The summed E-state index contributed by atoms with van der Waals surface area (Å²) in [6.07, 6.45) is 1.01. The molecule has 92 valence electrons. The third-order valence-corrected chi connectivity index (χ3v) is 2.54. The van der Waals surface area contributed by atoms with Crippen molar-refractivity contribution in [2.24, 2.45) is 5.16 Å². The Morgan fingerprint density at radius 3 is 2.56 bits per heavy atom. The van der Waals surface area contributed by atoms with E-state index in [0.717, 1.165) is 10.8 Å². The van der Waals surface area contributed by atoms with Gasteiger partial charge in [0.05, 0.1) is 17.5 Å². The minimum Gasteiger partial charge on any atom is -0.411 e. The van der Waals surface area contributed by atoms with E-state index in [-0.39, 0.29) is 5.56 Å². The van der Waals surface area contributed by atoms with Crippen LogP contribution in [0.4, 0.5) is 0 Å². The number of hydrogen-bond acceptors (Lipinski definition) is 4. The smallest absolute Gasteiger partial charge is 0.333 e. The zero-order valence-corrected chi connectivity index (χ0v) is 9.62. The average Bonchev–Trinajstić information content (AvgIpc) is 2.35. The van der Waals surface area contributed by atoms with Crippen LogP contribution in [0.2, 0.25) is 0 Å². The molecular weight excluding hydrogens is 234 g/mol. The second kappa shape index (κ2) is 4.70. The highest BCUT2D eigenvalue weighted by Crippen LogP contribution is 2.02. The number of rotatable bonds is 2. The molecule has 1 heterocycles. The molecule has 0 bridgehead atoms. The van der Waals surface area contributed by atoms with Gasteiger partial charge in [-0.15, -0.1) is 0 Å². The van der Waals surface area contributed by atoms with Crippen LogP contribution < -0.4 is 11.2 Å². The standard InChI is InChI=1S/C12H11N3O3/c1-8-10(7-13-18)11(16)15(12(17)14-8)9-5-3-2-4-6-9/h2-7,18H,1H3,(H,14,17)/b13-7+. The van der Waals surface area contributed by atoms with Gasteiger partial charge < -0.3 is 10.2 Å². The summed E-state index contributed by atoms with van der Waals surface area (Å²) in [7, 11) is 0. The summed E-state index contributed by atoms with van der Waals surface area (Å²) < 4.78 is 0.990. The third kappa shape index (κ3) is 1.95. The van der Waals surface area contributed by atoms with Crippen molar-refractivity contribution in [2.75, 3.05) is 0 Å². The maximum atomic E-state index is 12.1. The van der Waals surface area contributed by atoms with Crippen LogP contribution in [0.1, 0.15) is 11.3 Å². The van der Waals surface area contributed by atoms with Crippen molar-refractivity contribution in [1.82, 2.24) is 9.55 Å². The van der Waals surface area contributed by atoms with E-state index in [1.165, 1.54) is 0 Å². The first-order valence-electron chi connectivity index (χ1n) is 5.24. The molecule has 0 spiro atoms. The molecule has 18 heavy (non-hydrogen) atoms. The fourth-order valence-electron chi connectivity index (χ4n) is 1.68. The van der Waals surface area contributed by atoms with Crippen LogP contribution in [0.5, 0.6) is 0 Å². The van der Waals surface area contributed by atoms with Gasteiger partial charge in [0.25, 0.3) is 5.56 Å². The lowest BCUT2D eigenvalue weighted by atomic mass is 10.2. The largest absolute Gasteiger partial charge is 0.411 e. The van der Waals surface area contributed by atoms with Crippen LogP contribution in [0, 0.1) is 6.92 Å². The Morgan fingerprint density at radius 1 is 1.28 bits per heavy atom. The molecule has 0 atom stereocenters. The molecular formula is C12H11N3O3. The molecule has 2 N–H and O–H groups in total. The van der Waals surface area contributed by atoms with Gasteiger partial charge in [-0.25, -0.2) is 9.36 Å². The summed E-state index contributed by atoms with van der Waals surface area (Å²) in [6, 6.07) is 8.52. The van der Waals surface area contributed by atoms with Crippen LogP contribution in [0.3, 0.4) is 0 Å². The summed E-state index contributed by atoms with van der Waals surface area (Å²) in [5.74, 6) is 0. The lowest BCUT2D eigenvalue weighted by Gasteiger charge is -2.06. The number of aryl methyl sites for hydroxylation is 1. The first-order valence-corrected chi connectivity index (χ1v) is 5.24. The van der Waals surface area contributed by atoms with Crippen LogP contribution in [0.15, 0.2) is 45.1 Å². The highest BCUT2D eigenvalue weighted by atomic mass is 16.4. The third-order valence-electron chi connectivity index (χ3n) is 2.54. The zero-order valence-electron chi connectivity index (χ0n) is 9.62. The molecule has 0 unspecified atom stereocenters. The topological polar surface area (TPSA) is 87.5 Å². The van der Waals surface area contributed by atoms with Crippen molar-refractivity contribution in [3.05, 3.63) is 62.4 Å². The molecule has 2 aromatic rings. The van der Waals surface area contributed by atoms with E-state index in [1.807, 2.05) is 0 Å². The fourth-order valence-corrected chi connectivity index (χ4v) is 1.68. The molecule has 1 aromatic heterocycles. The summed E-state index contributed by atoms with van der Waals surface area (Å²) in [5.41, 5.74) is -0.105. The Hall–Kier alpha value is -2.63. The number of hydrogen-bond donors (Lipinski definition) is 2.